The molecule has 0 atom stereocenters. The first kappa shape index (κ1) is 22.2. The molecule has 0 aliphatic rings. The highest BCUT2D eigenvalue weighted by Gasteiger charge is 2.17. The first-order valence-electron chi connectivity index (χ1n) is 9.95. The van der Waals surface area contributed by atoms with E-state index in [-0.39, 0.29) is 11.3 Å². The highest BCUT2D eigenvalue weighted by molar-refractivity contribution is 5.98. The molecule has 0 saturated heterocycles. The minimum Gasteiger partial charge on any atom is -0.456 e. The van der Waals surface area contributed by atoms with Crippen LogP contribution in [0.4, 0.5) is 22.7 Å². The van der Waals surface area contributed by atoms with Crippen LogP contribution < -0.4 is 21.5 Å². The van der Waals surface area contributed by atoms with Gasteiger partial charge in [-0.05, 0) is 55.2 Å². The fourth-order valence-corrected chi connectivity index (χ4v) is 3.41. The highest BCUT2D eigenvalue weighted by Crippen LogP contribution is 2.37. The third kappa shape index (κ3) is 4.97. The number of rotatable bonds is 7. The topological polar surface area (TPSA) is 119 Å². The lowest BCUT2D eigenvalue weighted by Crippen LogP contribution is -2.13. The molecular formula is C25H23N5O2. The van der Waals surface area contributed by atoms with Crippen molar-refractivity contribution in [2.45, 2.75) is 26.7 Å². The first-order chi connectivity index (χ1) is 15.3. The van der Waals surface area contributed by atoms with Gasteiger partial charge in [0.2, 0.25) is 0 Å². The van der Waals surface area contributed by atoms with E-state index in [9.17, 15) is 4.79 Å². The molecule has 0 heterocycles. The summed E-state index contributed by atoms with van der Waals surface area (Å²) in [4.78, 5) is 15.4. The van der Waals surface area contributed by atoms with Gasteiger partial charge in [-0.25, -0.2) is 4.85 Å². The summed E-state index contributed by atoms with van der Waals surface area (Å²) in [6.45, 7) is 10.9. The zero-order chi connectivity index (χ0) is 23.3. The molecule has 3 aromatic carbocycles. The first-order valence-corrected chi connectivity index (χ1v) is 9.95. The molecule has 3 rings (SSSR count). The van der Waals surface area contributed by atoms with Crippen LogP contribution in [0.15, 0.2) is 48.5 Å². The lowest BCUT2D eigenvalue weighted by atomic mass is 10.0. The van der Waals surface area contributed by atoms with E-state index in [0.717, 1.165) is 22.4 Å². The van der Waals surface area contributed by atoms with E-state index in [1.165, 1.54) is 6.07 Å². The van der Waals surface area contributed by atoms with Crippen molar-refractivity contribution in [1.82, 2.24) is 0 Å². The molecule has 0 unspecified atom stereocenters. The number of primary amides is 1. The van der Waals surface area contributed by atoms with E-state index in [0.29, 0.717) is 35.7 Å². The van der Waals surface area contributed by atoms with Gasteiger partial charge >= 0.3 is 0 Å². The van der Waals surface area contributed by atoms with E-state index in [1.807, 2.05) is 26.0 Å². The summed E-state index contributed by atoms with van der Waals surface area (Å²) in [5, 5.41) is 12.0. The third-order valence-corrected chi connectivity index (χ3v) is 4.95. The number of benzene rings is 3. The van der Waals surface area contributed by atoms with Crippen LogP contribution in [0, 0.1) is 31.8 Å². The predicted molar refractivity (Wildman–Crippen MR) is 125 cm³/mol. The van der Waals surface area contributed by atoms with Crippen LogP contribution in [0.25, 0.3) is 4.85 Å². The van der Waals surface area contributed by atoms with E-state index in [1.54, 1.807) is 30.3 Å². The predicted octanol–water partition coefficient (Wildman–Crippen LogP) is 5.53. The fourth-order valence-electron chi connectivity index (χ4n) is 3.41. The molecule has 160 valence electrons. The normalized spacial score (nSPS) is 10.1. The molecule has 7 nitrogen and oxygen atoms in total. The van der Waals surface area contributed by atoms with Crippen LogP contribution >= 0.6 is 0 Å². The average molecular weight is 425 g/mol. The van der Waals surface area contributed by atoms with Crippen LogP contribution in [0.5, 0.6) is 11.5 Å². The fraction of sp³-hybridized carbons (Fsp3) is 0.160. The number of carbonyl (C=O) groups excluding carboxylic acids is 1. The van der Waals surface area contributed by atoms with Crippen molar-refractivity contribution in [3.8, 4) is 17.6 Å². The van der Waals surface area contributed by atoms with Gasteiger partial charge in [0.1, 0.15) is 11.5 Å². The largest absolute Gasteiger partial charge is 0.456 e. The van der Waals surface area contributed by atoms with Crippen LogP contribution in [-0.2, 0) is 6.42 Å². The van der Waals surface area contributed by atoms with Crippen LogP contribution in [0.3, 0.4) is 0 Å². The number of nitrogens with zero attached hydrogens (tertiary/aromatic N) is 2. The van der Waals surface area contributed by atoms with Crippen molar-refractivity contribution in [3.63, 3.8) is 0 Å². The maximum atomic E-state index is 12.1. The Bertz CT molecular complexity index is 1230. The van der Waals surface area contributed by atoms with Gasteiger partial charge in [-0.3, -0.25) is 4.79 Å². The molecule has 7 heteroatoms. The Morgan fingerprint density at radius 3 is 2.38 bits per heavy atom. The number of carbonyl (C=O) groups is 1. The van der Waals surface area contributed by atoms with Gasteiger partial charge in [0, 0.05) is 18.2 Å². The molecule has 0 aromatic heterocycles. The molecule has 3 aromatic rings. The Labute approximate surface area is 187 Å². The molecule has 0 fully saturated rings. The van der Waals surface area contributed by atoms with Crippen molar-refractivity contribution >= 4 is 28.7 Å². The minimum absolute atomic E-state index is 0.170. The Balaban J connectivity index is 1.98. The summed E-state index contributed by atoms with van der Waals surface area (Å²) in [7, 11) is 0. The van der Waals surface area contributed by atoms with Crippen LogP contribution in [0.2, 0.25) is 0 Å². The van der Waals surface area contributed by atoms with Gasteiger partial charge in [-0.15, -0.1) is 0 Å². The second kappa shape index (κ2) is 9.55. The summed E-state index contributed by atoms with van der Waals surface area (Å²) in [6, 6.07) is 16.1. The maximum absolute atomic E-state index is 12.1. The molecule has 0 saturated carbocycles. The van der Waals surface area contributed by atoms with E-state index in [4.69, 9.17) is 28.0 Å². The van der Waals surface area contributed by atoms with Crippen LogP contribution in [0.1, 0.15) is 33.5 Å². The average Bonchev–Trinajstić information content (AvgIpc) is 2.77. The number of nitrogen functional groups attached to an aromatic ring is 1. The second-order valence-electron chi connectivity index (χ2n) is 7.40. The Morgan fingerprint density at radius 1 is 1.16 bits per heavy atom. The van der Waals surface area contributed by atoms with Crippen molar-refractivity contribution in [2.24, 2.45) is 5.73 Å². The zero-order valence-electron chi connectivity index (χ0n) is 17.9. The summed E-state index contributed by atoms with van der Waals surface area (Å²) in [5.74, 6) is 0.244. The smallest absolute Gasteiger partial charge is 0.252 e. The number of aryl methyl sites for hydroxylation is 3. The molecule has 0 aliphatic heterocycles. The monoisotopic (exact) mass is 425 g/mol. The quantitative estimate of drug-likeness (QED) is 0.340. The number of nitrogens with two attached hydrogens (primary N) is 2. The number of nitrogens with one attached hydrogen (secondary N) is 1. The Kier molecular flexibility index (Phi) is 6.62. The number of amides is 1. The van der Waals surface area contributed by atoms with Crippen LogP contribution in [-0.4, -0.2) is 5.91 Å². The van der Waals surface area contributed by atoms with Gasteiger partial charge in [-0.2, -0.15) is 5.26 Å². The zero-order valence-corrected chi connectivity index (χ0v) is 17.9. The molecule has 5 N–H and O–H groups in total. The Hall–Kier alpha value is -4.49. The number of ether oxygens (including phenoxy) is 1. The van der Waals surface area contributed by atoms with E-state index >= 15 is 0 Å². The highest BCUT2D eigenvalue weighted by atomic mass is 16.5. The van der Waals surface area contributed by atoms with Crippen molar-refractivity contribution in [2.75, 3.05) is 11.1 Å². The summed E-state index contributed by atoms with van der Waals surface area (Å²) < 4.78 is 6.16. The summed E-state index contributed by atoms with van der Waals surface area (Å²) in [5.41, 5.74) is 16.8. The van der Waals surface area contributed by atoms with Gasteiger partial charge in [-0.1, -0.05) is 24.3 Å². The molecule has 0 bridgehead atoms. The molecular weight excluding hydrogens is 402 g/mol. The van der Waals surface area contributed by atoms with Gasteiger partial charge in [0.15, 0.2) is 5.69 Å². The van der Waals surface area contributed by atoms with Gasteiger partial charge in [0.05, 0.1) is 29.6 Å². The van der Waals surface area contributed by atoms with Crippen molar-refractivity contribution in [1.29, 1.82) is 5.26 Å². The lowest BCUT2D eigenvalue weighted by Gasteiger charge is -2.18. The lowest BCUT2D eigenvalue weighted by molar-refractivity contribution is 0.0998. The van der Waals surface area contributed by atoms with Gasteiger partial charge in [0.25, 0.3) is 5.91 Å². The number of nitriles is 1. The summed E-state index contributed by atoms with van der Waals surface area (Å²) >= 11 is 0. The molecule has 0 spiro atoms. The Morgan fingerprint density at radius 2 is 1.81 bits per heavy atom. The van der Waals surface area contributed by atoms with Gasteiger partial charge < -0.3 is 21.5 Å². The van der Waals surface area contributed by atoms with Crippen molar-refractivity contribution in [3.05, 3.63) is 82.2 Å². The third-order valence-electron chi connectivity index (χ3n) is 4.95. The van der Waals surface area contributed by atoms with E-state index in [2.05, 4.69) is 16.2 Å². The SMILES string of the molecule is [C-]#[N+]c1ccc(Nc2cc(Oc3c(C)cc(CCC#N)cc3C)c(C(N)=O)cc2N)cc1. The van der Waals surface area contributed by atoms with Crippen molar-refractivity contribution < 1.29 is 9.53 Å². The number of hydrogen-bond donors (Lipinski definition) is 3. The number of hydrogen-bond acceptors (Lipinski definition) is 5. The molecule has 32 heavy (non-hydrogen) atoms. The molecule has 1 amide bonds. The molecule has 0 aliphatic carbocycles. The maximum Gasteiger partial charge on any atom is 0.252 e. The molecule has 0 radical (unpaired) electrons. The number of anilines is 3. The summed E-state index contributed by atoms with van der Waals surface area (Å²) in [6.07, 6.45) is 1.10. The van der Waals surface area contributed by atoms with E-state index < -0.39 is 5.91 Å². The second-order valence-corrected chi connectivity index (χ2v) is 7.40. The standard InChI is InChI=1S/C25H23N5O2/c1-15-11-17(5-4-10-26)12-16(2)24(15)32-23-14-22(21(27)13-20(23)25(28)31)30-19-8-6-18(29-3)7-9-19/h6-9,11-14,30H,4-5,27H2,1-2H3,(H2,28,31). The minimum atomic E-state index is -0.652.